The van der Waals surface area contributed by atoms with Crippen molar-refractivity contribution in [2.45, 2.75) is 20.8 Å². The number of nitrogens with zero attached hydrogens (tertiary/aromatic N) is 2. The van der Waals surface area contributed by atoms with Gasteiger partial charge in [-0.15, -0.1) is 0 Å². The van der Waals surface area contributed by atoms with Gasteiger partial charge in [-0.25, -0.2) is 10.2 Å². The first-order valence-corrected chi connectivity index (χ1v) is 7.58. The van der Waals surface area contributed by atoms with E-state index in [2.05, 4.69) is 34.3 Å². The number of aromatic nitrogens is 2. The second-order valence-corrected chi connectivity index (χ2v) is 5.73. The number of aromatic amines is 1. The molecule has 0 atom stereocenters. The molecule has 1 aromatic heterocycles. The Morgan fingerprint density at radius 3 is 2.92 bits per heavy atom. The third-order valence-corrected chi connectivity index (χ3v) is 2.93. The molecule has 0 aliphatic rings. The first-order chi connectivity index (χ1) is 11.4. The number of amides is 1. The van der Waals surface area contributed by atoms with Crippen LogP contribution in [0.1, 0.15) is 35.6 Å². The fraction of sp³-hybridized carbons (Fsp3) is 0.294. The van der Waals surface area contributed by atoms with Crippen molar-refractivity contribution >= 4 is 12.1 Å². The van der Waals surface area contributed by atoms with Gasteiger partial charge in [0.15, 0.2) is 0 Å². The van der Waals surface area contributed by atoms with E-state index in [-0.39, 0.29) is 5.69 Å². The molecule has 0 aliphatic carbocycles. The van der Waals surface area contributed by atoms with E-state index in [1.165, 1.54) is 12.3 Å². The van der Waals surface area contributed by atoms with Gasteiger partial charge in [0.1, 0.15) is 11.4 Å². The van der Waals surface area contributed by atoms with Gasteiger partial charge in [-0.3, -0.25) is 4.79 Å². The topological polar surface area (TPSA) is 96.4 Å². The molecule has 0 saturated heterocycles. The Balaban J connectivity index is 1.99. The van der Waals surface area contributed by atoms with Gasteiger partial charge < -0.3 is 9.72 Å². The van der Waals surface area contributed by atoms with Crippen LogP contribution in [0.15, 0.2) is 40.2 Å². The van der Waals surface area contributed by atoms with E-state index in [9.17, 15) is 9.59 Å². The van der Waals surface area contributed by atoms with Crippen molar-refractivity contribution in [1.29, 1.82) is 0 Å². The van der Waals surface area contributed by atoms with Gasteiger partial charge in [0.25, 0.3) is 5.91 Å². The maximum Gasteiger partial charge on any atom is 0.345 e. The first-order valence-electron chi connectivity index (χ1n) is 7.58. The highest BCUT2D eigenvalue weighted by Crippen LogP contribution is 2.13. The second-order valence-electron chi connectivity index (χ2n) is 5.73. The molecule has 1 heterocycles. The molecule has 7 heteroatoms. The zero-order valence-corrected chi connectivity index (χ0v) is 13.9. The highest BCUT2D eigenvalue weighted by molar-refractivity contribution is 5.93. The largest absolute Gasteiger partial charge is 0.493 e. The van der Waals surface area contributed by atoms with E-state index in [0.29, 0.717) is 18.2 Å². The van der Waals surface area contributed by atoms with Crippen LogP contribution in [0.5, 0.6) is 5.75 Å². The van der Waals surface area contributed by atoms with Crippen molar-refractivity contribution in [2.75, 3.05) is 6.61 Å². The fourth-order valence-corrected chi connectivity index (χ4v) is 1.87. The van der Waals surface area contributed by atoms with Gasteiger partial charge in [0.05, 0.1) is 12.8 Å². The number of hydrogen-bond donors (Lipinski definition) is 2. The number of carbonyl (C=O) groups is 1. The molecular weight excluding hydrogens is 308 g/mol. The summed E-state index contributed by atoms with van der Waals surface area (Å²) in [6.45, 7) is 6.45. The summed E-state index contributed by atoms with van der Waals surface area (Å²) in [5.74, 6) is 0.630. The van der Waals surface area contributed by atoms with E-state index < -0.39 is 11.6 Å². The number of ether oxygens (including phenoxy) is 1. The highest BCUT2D eigenvalue weighted by Gasteiger charge is 2.07. The van der Waals surface area contributed by atoms with Gasteiger partial charge in [-0.1, -0.05) is 26.0 Å². The van der Waals surface area contributed by atoms with Crippen LogP contribution in [0.3, 0.4) is 0 Å². The molecule has 0 saturated carbocycles. The Morgan fingerprint density at radius 1 is 1.42 bits per heavy atom. The molecule has 1 aromatic carbocycles. The molecule has 0 aliphatic heterocycles. The first kappa shape index (κ1) is 17.4. The highest BCUT2D eigenvalue weighted by atomic mass is 16.5. The molecule has 0 radical (unpaired) electrons. The lowest BCUT2D eigenvalue weighted by molar-refractivity contribution is 0.0949. The molecule has 126 valence electrons. The number of nitrogens with one attached hydrogen (secondary N) is 2. The van der Waals surface area contributed by atoms with Gasteiger partial charge in [0.2, 0.25) is 0 Å². The number of hydrogen-bond acceptors (Lipinski definition) is 5. The minimum Gasteiger partial charge on any atom is -0.493 e. The number of aryl methyl sites for hydroxylation is 1. The summed E-state index contributed by atoms with van der Waals surface area (Å²) in [5, 5.41) is 3.88. The van der Waals surface area contributed by atoms with Gasteiger partial charge in [-0.05, 0) is 36.6 Å². The Bertz CT molecular complexity index is 796. The van der Waals surface area contributed by atoms with Gasteiger partial charge in [0, 0.05) is 5.69 Å². The van der Waals surface area contributed by atoms with Crippen molar-refractivity contribution < 1.29 is 9.53 Å². The summed E-state index contributed by atoms with van der Waals surface area (Å²) in [7, 11) is 0. The molecule has 2 aromatic rings. The molecule has 7 nitrogen and oxygen atoms in total. The lowest BCUT2D eigenvalue weighted by atomic mass is 10.2. The molecule has 1 amide bonds. The normalized spacial score (nSPS) is 11.0. The summed E-state index contributed by atoms with van der Waals surface area (Å²) >= 11 is 0. The Morgan fingerprint density at radius 2 is 2.21 bits per heavy atom. The Hall–Kier alpha value is -2.96. The van der Waals surface area contributed by atoms with Crippen LogP contribution in [0.2, 0.25) is 0 Å². The second kappa shape index (κ2) is 8.05. The average Bonchev–Trinajstić information content (AvgIpc) is 2.52. The number of hydrazone groups is 1. The predicted molar refractivity (Wildman–Crippen MR) is 91.4 cm³/mol. The third kappa shape index (κ3) is 5.35. The molecule has 0 fully saturated rings. The van der Waals surface area contributed by atoms with E-state index in [0.717, 1.165) is 11.3 Å². The number of benzene rings is 1. The molecule has 0 spiro atoms. The molecule has 24 heavy (non-hydrogen) atoms. The molecule has 2 rings (SSSR count). The Kier molecular flexibility index (Phi) is 5.83. The lowest BCUT2D eigenvalue weighted by Crippen LogP contribution is -2.24. The van der Waals surface area contributed by atoms with Crippen molar-refractivity contribution in [1.82, 2.24) is 15.4 Å². The lowest BCUT2D eigenvalue weighted by Gasteiger charge is -2.08. The molecule has 0 bridgehead atoms. The van der Waals surface area contributed by atoms with Crippen LogP contribution in [0, 0.1) is 12.8 Å². The van der Waals surface area contributed by atoms with E-state index in [1.54, 1.807) is 6.92 Å². The average molecular weight is 328 g/mol. The van der Waals surface area contributed by atoms with Crippen LogP contribution in [0.25, 0.3) is 0 Å². The van der Waals surface area contributed by atoms with Crippen LogP contribution in [0.4, 0.5) is 0 Å². The number of carbonyl (C=O) groups excluding carboxylic acids is 1. The van der Waals surface area contributed by atoms with Crippen molar-refractivity contribution in [3.05, 3.63) is 57.8 Å². The van der Waals surface area contributed by atoms with E-state index >= 15 is 0 Å². The van der Waals surface area contributed by atoms with Crippen molar-refractivity contribution in [3.63, 3.8) is 0 Å². The fourth-order valence-electron chi connectivity index (χ4n) is 1.87. The summed E-state index contributed by atoms with van der Waals surface area (Å²) in [6, 6.07) is 8.86. The Labute approximate surface area is 139 Å². The SMILES string of the molecule is Cc1cc(C(=O)N/N=C/c2cccc(OCC(C)C)c2)nc(=O)[nH]1. The molecule has 2 N–H and O–H groups in total. The maximum absolute atomic E-state index is 11.9. The summed E-state index contributed by atoms with van der Waals surface area (Å²) in [4.78, 5) is 29.2. The standard InChI is InChI=1S/C17H20N4O3/c1-11(2)10-24-14-6-4-5-13(8-14)9-18-21-16(22)15-7-12(3)19-17(23)20-15/h4-9,11H,10H2,1-3H3,(H,21,22)(H,19,20,23)/b18-9+. The van der Waals surface area contributed by atoms with Crippen LogP contribution in [-0.4, -0.2) is 28.7 Å². The quantitative estimate of drug-likeness (QED) is 0.625. The minimum absolute atomic E-state index is 0.0161. The minimum atomic E-state index is -0.570. The van der Waals surface area contributed by atoms with Crippen LogP contribution in [-0.2, 0) is 0 Å². The van der Waals surface area contributed by atoms with Crippen molar-refractivity contribution in [3.8, 4) is 5.75 Å². The number of H-pyrrole nitrogens is 1. The molecular formula is C17H20N4O3. The van der Waals surface area contributed by atoms with E-state index in [4.69, 9.17) is 4.74 Å². The van der Waals surface area contributed by atoms with Gasteiger partial charge in [-0.2, -0.15) is 10.1 Å². The van der Waals surface area contributed by atoms with Crippen LogP contribution < -0.4 is 15.9 Å². The van der Waals surface area contributed by atoms with Crippen molar-refractivity contribution in [2.24, 2.45) is 11.0 Å². The summed E-state index contributed by atoms with van der Waals surface area (Å²) < 4.78 is 5.63. The van der Waals surface area contributed by atoms with E-state index in [1.807, 2.05) is 24.3 Å². The smallest absolute Gasteiger partial charge is 0.345 e. The summed E-state index contributed by atoms with van der Waals surface area (Å²) in [6.07, 6.45) is 1.50. The zero-order chi connectivity index (χ0) is 17.5. The van der Waals surface area contributed by atoms with Crippen LogP contribution >= 0.6 is 0 Å². The number of rotatable bonds is 6. The van der Waals surface area contributed by atoms with Gasteiger partial charge >= 0.3 is 5.69 Å². The molecule has 0 unspecified atom stereocenters. The maximum atomic E-state index is 11.9. The monoisotopic (exact) mass is 328 g/mol. The summed E-state index contributed by atoms with van der Waals surface area (Å²) in [5.41, 5.74) is 3.13. The zero-order valence-electron chi connectivity index (χ0n) is 13.9. The predicted octanol–water partition coefficient (Wildman–Crippen LogP) is 1.88. The third-order valence-electron chi connectivity index (χ3n) is 2.93.